The fourth-order valence-electron chi connectivity index (χ4n) is 1.17. The molecule has 0 unspecified atom stereocenters. The number of primary amides is 1. The van der Waals surface area contributed by atoms with E-state index in [1.165, 1.54) is 19.1 Å². The van der Waals surface area contributed by atoms with E-state index in [1.807, 2.05) is 5.32 Å². The standard InChI is InChI=1S/C10H17N3O6/c1-18-8(15)5-13(6-9(16)19-2)4-3-7(14)12-10(11)17/h3-6H2,1-2H3,(H3,11,12,14,17). The predicted octanol–water partition coefficient (Wildman–Crippen LogP) is -1.78. The minimum absolute atomic E-state index is 0.0727. The topological polar surface area (TPSA) is 128 Å². The molecule has 0 radical (unpaired) electrons. The van der Waals surface area contributed by atoms with Gasteiger partial charge in [-0.1, -0.05) is 0 Å². The molecule has 3 N–H and O–H groups in total. The summed E-state index contributed by atoms with van der Waals surface area (Å²) in [7, 11) is 2.41. The quantitative estimate of drug-likeness (QED) is 0.525. The average Bonchev–Trinajstić information content (AvgIpc) is 2.34. The van der Waals surface area contributed by atoms with Crippen molar-refractivity contribution in [2.24, 2.45) is 5.73 Å². The van der Waals surface area contributed by atoms with Gasteiger partial charge in [-0.15, -0.1) is 0 Å². The van der Waals surface area contributed by atoms with Crippen LogP contribution in [0.1, 0.15) is 6.42 Å². The molecule has 0 spiro atoms. The average molecular weight is 275 g/mol. The maximum Gasteiger partial charge on any atom is 0.319 e. The number of imide groups is 1. The van der Waals surface area contributed by atoms with E-state index in [2.05, 4.69) is 9.47 Å². The van der Waals surface area contributed by atoms with Gasteiger partial charge in [0.1, 0.15) is 0 Å². The molecule has 9 heteroatoms. The van der Waals surface area contributed by atoms with Crippen LogP contribution in [0.4, 0.5) is 4.79 Å². The smallest absolute Gasteiger partial charge is 0.319 e. The molecule has 0 aromatic rings. The molecule has 0 bridgehead atoms. The van der Waals surface area contributed by atoms with Gasteiger partial charge in [0.2, 0.25) is 5.91 Å². The normalized spacial score (nSPS) is 9.84. The van der Waals surface area contributed by atoms with Crippen LogP contribution in [0.5, 0.6) is 0 Å². The number of hydrogen-bond acceptors (Lipinski definition) is 7. The van der Waals surface area contributed by atoms with E-state index in [-0.39, 0.29) is 26.1 Å². The summed E-state index contributed by atoms with van der Waals surface area (Å²) in [4.78, 5) is 45.2. The number of nitrogens with one attached hydrogen (secondary N) is 1. The third-order valence-electron chi connectivity index (χ3n) is 2.08. The van der Waals surface area contributed by atoms with Crippen LogP contribution >= 0.6 is 0 Å². The number of nitrogens with zero attached hydrogens (tertiary/aromatic N) is 1. The van der Waals surface area contributed by atoms with Gasteiger partial charge in [0.15, 0.2) is 0 Å². The van der Waals surface area contributed by atoms with Crippen molar-refractivity contribution in [1.29, 1.82) is 0 Å². The van der Waals surface area contributed by atoms with Crippen LogP contribution in [0, 0.1) is 0 Å². The van der Waals surface area contributed by atoms with E-state index >= 15 is 0 Å². The Hall–Kier alpha value is -2.16. The zero-order valence-corrected chi connectivity index (χ0v) is 10.8. The van der Waals surface area contributed by atoms with Crippen LogP contribution in [0.25, 0.3) is 0 Å². The summed E-state index contributed by atoms with van der Waals surface area (Å²) >= 11 is 0. The Morgan fingerprint density at radius 3 is 1.89 bits per heavy atom. The summed E-state index contributed by atoms with van der Waals surface area (Å²) in [5.41, 5.74) is 4.77. The molecule has 19 heavy (non-hydrogen) atoms. The first kappa shape index (κ1) is 16.8. The van der Waals surface area contributed by atoms with Gasteiger partial charge >= 0.3 is 18.0 Å². The number of urea groups is 1. The Kier molecular flexibility index (Phi) is 7.85. The summed E-state index contributed by atoms with van der Waals surface area (Å²) in [5, 5.41) is 1.87. The number of carbonyl (C=O) groups is 4. The highest BCUT2D eigenvalue weighted by atomic mass is 16.5. The number of carbonyl (C=O) groups excluding carboxylic acids is 4. The van der Waals surface area contributed by atoms with Crippen molar-refractivity contribution in [2.75, 3.05) is 33.9 Å². The molecule has 0 rings (SSSR count). The molecule has 0 saturated heterocycles. The van der Waals surface area contributed by atoms with E-state index in [0.29, 0.717) is 0 Å². The van der Waals surface area contributed by atoms with Crippen molar-refractivity contribution in [3.63, 3.8) is 0 Å². The summed E-state index contributed by atoms with van der Waals surface area (Å²) in [6, 6.07) is -0.961. The summed E-state index contributed by atoms with van der Waals surface area (Å²) in [6.45, 7) is -0.270. The molecular weight excluding hydrogens is 258 g/mol. The second kappa shape index (κ2) is 8.86. The minimum atomic E-state index is -0.961. The number of rotatable bonds is 7. The fraction of sp³-hybridized carbons (Fsp3) is 0.600. The van der Waals surface area contributed by atoms with Crippen molar-refractivity contribution in [2.45, 2.75) is 6.42 Å². The molecule has 0 heterocycles. The van der Waals surface area contributed by atoms with E-state index in [9.17, 15) is 19.2 Å². The predicted molar refractivity (Wildman–Crippen MR) is 62.8 cm³/mol. The summed E-state index contributed by atoms with van der Waals surface area (Å²) in [5.74, 6) is -1.72. The number of nitrogens with two attached hydrogens (primary N) is 1. The highest BCUT2D eigenvalue weighted by Crippen LogP contribution is 1.94. The van der Waals surface area contributed by atoms with Crippen molar-refractivity contribution < 1.29 is 28.7 Å². The third kappa shape index (κ3) is 8.55. The number of esters is 2. The molecule has 3 amide bonds. The van der Waals surface area contributed by atoms with Crippen molar-refractivity contribution >= 4 is 23.9 Å². The van der Waals surface area contributed by atoms with Gasteiger partial charge < -0.3 is 15.2 Å². The Labute approximate surface area is 110 Å². The SMILES string of the molecule is COC(=O)CN(CCC(=O)NC(N)=O)CC(=O)OC. The lowest BCUT2D eigenvalue weighted by Crippen LogP contribution is -2.40. The molecule has 0 fully saturated rings. The Morgan fingerprint density at radius 2 is 1.53 bits per heavy atom. The van der Waals surface area contributed by atoms with Gasteiger partial charge in [-0.25, -0.2) is 4.79 Å². The Bertz CT molecular complexity index is 339. The lowest BCUT2D eigenvalue weighted by atomic mass is 10.3. The molecule has 9 nitrogen and oxygen atoms in total. The Balaban J connectivity index is 4.32. The van der Waals surface area contributed by atoms with E-state index < -0.39 is 23.9 Å². The van der Waals surface area contributed by atoms with Crippen LogP contribution in [0.3, 0.4) is 0 Å². The second-order valence-electron chi connectivity index (χ2n) is 3.53. The van der Waals surface area contributed by atoms with Gasteiger partial charge in [0.05, 0.1) is 27.3 Å². The van der Waals surface area contributed by atoms with Gasteiger partial charge in [0, 0.05) is 13.0 Å². The maximum atomic E-state index is 11.2. The molecule has 0 atom stereocenters. The first-order chi connectivity index (χ1) is 8.88. The second-order valence-corrected chi connectivity index (χ2v) is 3.53. The van der Waals surface area contributed by atoms with Crippen molar-refractivity contribution in [3.05, 3.63) is 0 Å². The number of ether oxygens (including phenoxy) is 2. The van der Waals surface area contributed by atoms with E-state index in [4.69, 9.17) is 5.73 Å². The molecule has 0 aromatic carbocycles. The molecule has 0 aliphatic carbocycles. The van der Waals surface area contributed by atoms with Crippen LogP contribution in [0.15, 0.2) is 0 Å². The first-order valence-corrected chi connectivity index (χ1v) is 5.34. The minimum Gasteiger partial charge on any atom is -0.468 e. The lowest BCUT2D eigenvalue weighted by Gasteiger charge is -2.18. The number of hydrogen-bond donors (Lipinski definition) is 2. The molecular formula is C10H17N3O6. The molecule has 0 saturated carbocycles. The van der Waals surface area contributed by atoms with Crippen molar-refractivity contribution in [1.82, 2.24) is 10.2 Å². The maximum absolute atomic E-state index is 11.2. The fourth-order valence-corrected chi connectivity index (χ4v) is 1.17. The van der Waals surface area contributed by atoms with Crippen molar-refractivity contribution in [3.8, 4) is 0 Å². The summed E-state index contributed by atoms with van der Waals surface area (Å²) in [6.07, 6.45) is -0.100. The van der Waals surface area contributed by atoms with Crippen LogP contribution in [0.2, 0.25) is 0 Å². The largest absolute Gasteiger partial charge is 0.468 e. The molecule has 0 aromatic heterocycles. The molecule has 0 aliphatic heterocycles. The molecule has 0 aliphatic rings. The van der Waals surface area contributed by atoms with E-state index in [0.717, 1.165) is 0 Å². The highest BCUT2D eigenvalue weighted by Gasteiger charge is 2.16. The monoisotopic (exact) mass is 275 g/mol. The van der Waals surface area contributed by atoms with Crippen LogP contribution in [-0.2, 0) is 23.9 Å². The van der Waals surface area contributed by atoms with Crippen LogP contribution in [-0.4, -0.2) is 62.6 Å². The number of amides is 3. The van der Waals surface area contributed by atoms with E-state index in [1.54, 1.807) is 0 Å². The number of methoxy groups -OCH3 is 2. The molecule has 108 valence electrons. The highest BCUT2D eigenvalue weighted by molar-refractivity contribution is 5.93. The lowest BCUT2D eigenvalue weighted by molar-refractivity contribution is -0.146. The van der Waals surface area contributed by atoms with Gasteiger partial charge in [-0.05, 0) is 0 Å². The van der Waals surface area contributed by atoms with Gasteiger partial charge in [-0.2, -0.15) is 0 Å². The third-order valence-corrected chi connectivity index (χ3v) is 2.08. The van der Waals surface area contributed by atoms with Gasteiger partial charge in [-0.3, -0.25) is 24.6 Å². The first-order valence-electron chi connectivity index (χ1n) is 5.34. The summed E-state index contributed by atoms with van der Waals surface area (Å²) < 4.78 is 8.92. The van der Waals surface area contributed by atoms with Crippen LogP contribution < -0.4 is 11.1 Å². The zero-order valence-electron chi connectivity index (χ0n) is 10.8. The van der Waals surface area contributed by atoms with Gasteiger partial charge in [0.25, 0.3) is 0 Å². The Morgan fingerprint density at radius 1 is 1.05 bits per heavy atom. The zero-order chi connectivity index (χ0) is 14.8.